The minimum atomic E-state index is -0.137. The van der Waals surface area contributed by atoms with Crippen molar-refractivity contribution in [3.05, 3.63) is 81.3 Å². The quantitative estimate of drug-likeness (QED) is 0.793. The van der Waals surface area contributed by atoms with E-state index in [1.807, 2.05) is 54.6 Å². The third kappa shape index (κ3) is 2.46. The Kier molecular flexibility index (Phi) is 3.66. The lowest BCUT2D eigenvalue weighted by Gasteiger charge is -2.02. The number of rotatable bonds is 3. The third-order valence-corrected chi connectivity index (χ3v) is 3.44. The summed E-state index contributed by atoms with van der Waals surface area (Å²) >= 11 is 0. The summed E-state index contributed by atoms with van der Waals surface area (Å²) in [5, 5.41) is 0.471. The van der Waals surface area contributed by atoms with Crippen molar-refractivity contribution in [2.75, 3.05) is 7.11 Å². The molecule has 22 heavy (non-hydrogen) atoms. The van der Waals surface area contributed by atoms with E-state index in [0.717, 1.165) is 11.3 Å². The van der Waals surface area contributed by atoms with E-state index in [4.69, 9.17) is 4.74 Å². The van der Waals surface area contributed by atoms with E-state index in [1.54, 1.807) is 17.8 Å². The largest absolute Gasteiger partial charge is 0.496 e. The van der Waals surface area contributed by atoms with Crippen molar-refractivity contribution in [1.82, 2.24) is 9.55 Å². The number of hydrogen-bond donors (Lipinski definition) is 1. The lowest BCUT2D eigenvalue weighted by molar-refractivity contribution is 0.414. The summed E-state index contributed by atoms with van der Waals surface area (Å²) in [4.78, 5) is 15.7. The molecule has 0 bridgehead atoms. The molecule has 4 heteroatoms. The normalized spacial score (nSPS) is 11.6. The molecule has 0 aliphatic rings. The Labute approximate surface area is 127 Å². The number of aromatic nitrogens is 2. The first-order valence-electron chi connectivity index (χ1n) is 6.91. The van der Waals surface area contributed by atoms with Crippen molar-refractivity contribution >= 4 is 12.7 Å². The summed E-state index contributed by atoms with van der Waals surface area (Å²) in [6, 6.07) is 17.0. The standard InChI is InChI=1S/C18H16N2O2/c1-13-19-16(12-14-8-6-7-11-17(14)22-2)18(21)20(13)15-9-4-3-5-10-15/h3-12,19H,1H2,2H3. The van der Waals surface area contributed by atoms with E-state index in [1.165, 1.54) is 0 Å². The summed E-state index contributed by atoms with van der Waals surface area (Å²) in [6.45, 7) is 3.92. The van der Waals surface area contributed by atoms with Gasteiger partial charge >= 0.3 is 0 Å². The number of hydrogen-bond acceptors (Lipinski definition) is 2. The van der Waals surface area contributed by atoms with Crippen molar-refractivity contribution in [2.45, 2.75) is 0 Å². The van der Waals surface area contributed by atoms with E-state index >= 15 is 0 Å². The number of nitrogens with one attached hydrogen (secondary N) is 1. The van der Waals surface area contributed by atoms with Gasteiger partial charge in [-0.05, 0) is 24.3 Å². The SMILES string of the molecule is C=c1[nH]c(=Cc2ccccc2OC)c(=O)n1-c1ccccc1. The van der Waals surface area contributed by atoms with E-state index in [0.29, 0.717) is 16.6 Å². The number of benzene rings is 2. The topological polar surface area (TPSA) is 47.0 Å². The van der Waals surface area contributed by atoms with Crippen LogP contribution in [0.4, 0.5) is 0 Å². The number of ether oxygens (including phenoxy) is 1. The van der Waals surface area contributed by atoms with Gasteiger partial charge in [0.25, 0.3) is 5.56 Å². The van der Waals surface area contributed by atoms with Crippen LogP contribution in [-0.2, 0) is 0 Å². The highest BCUT2D eigenvalue weighted by molar-refractivity contribution is 5.56. The van der Waals surface area contributed by atoms with Gasteiger partial charge in [0.2, 0.25) is 0 Å². The molecule has 4 nitrogen and oxygen atoms in total. The molecular weight excluding hydrogens is 276 g/mol. The molecule has 0 fully saturated rings. The van der Waals surface area contributed by atoms with Gasteiger partial charge in [0.1, 0.15) is 16.6 Å². The molecule has 1 heterocycles. The minimum Gasteiger partial charge on any atom is -0.496 e. The summed E-state index contributed by atoms with van der Waals surface area (Å²) in [5.74, 6) is 0.716. The maximum Gasteiger partial charge on any atom is 0.280 e. The monoisotopic (exact) mass is 292 g/mol. The first-order chi connectivity index (χ1) is 10.7. The lowest BCUT2D eigenvalue weighted by atomic mass is 10.2. The first kappa shape index (κ1) is 13.9. The molecule has 0 unspecified atom stereocenters. The van der Waals surface area contributed by atoms with E-state index in [9.17, 15) is 4.79 Å². The maximum absolute atomic E-state index is 12.6. The van der Waals surface area contributed by atoms with Crippen molar-refractivity contribution in [1.29, 1.82) is 0 Å². The lowest BCUT2D eigenvalue weighted by Crippen LogP contribution is -2.29. The molecule has 0 radical (unpaired) electrons. The van der Waals surface area contributed by atoms with E-state index in [-0.39, 0.29) is 5.56 Å². The van der Waals surface area contributed by atoms with Crippen LogP contribution in [0.25, 0.3) is 18.3 Å². The zero-order valence-corrected chi connectivity index (χ0v) is 12.2. The summed E-state index contributed by atoms with van der Waals surface area (Å²) in [7, 11) is 1.61. The van der Waals surface area contributed by atoms with Crippen molar-refractivity contribution in [3.8, 4) is 11.4 Å². The highest BCUT2D eigenvalue weighted by Crippen LogP contribution is 2.17. The molecule has 0 aliphatic carbocycles. The number of methoxy groups -OCH3 is 1. The first-order valence-corrected chi connectivity index (χ1v) is 6.91. The molecular formula is C18H16N2O2. The Bertz CT molecular complexity index is 953. The van der Waals surface area contributed by atoms with Crippen LogP contribution in [0.15, 0.2) is 59.4 Å². The molecule has 110 valence electrons. The Morgan fingerprint density at radius 1 is 1.09 bits per heavy atom. The molecule has 0 amide bonds. The zero-order chi connectivity index (χ0) is 15.5. The van der Waals surface area contributed by atoms with Gasteiger partial charge in [0, 0.05) is 5.56 Å². The van der Waals surface area contributed by atoms with Crippen LogP contribution in [-0.4, -0.2) is 16.7 Å². The van der Waals surface area contributed by atoms with Crippen LogP contribution < -0.4 is 21.1 Å². The van der Waals surface area contributed by atoms with Crippen molar-refractivity contribution < 1.29 is 4.74 Å². The maximum atomic E-state index is 12.6. The van der Waals surface area contributed by atoms with E-state index < -0.39 is 0 Å². The Morgan fingerprint density at radius 2 is 1.77 bits per heavy atom. The molecule has 2 aromatic carbocycles. The fourth-order valence-corrected chi connectivity index (χ4v) is 2.40. The van der Waals surface area contributed by atoms with Crippen LogP contribution in [0.1, 0.15) is 5.56 Å². The van der Waals surface area contributed by atoms with E-state index in [2.05, 4.69) is 11.6 Å². The molecule has 0 spiro atoms. The highest BCUT2D eigenvalue weighted by atomic mass is 16.5. The fraction of sp³-hybridized carbons (Fsp3) is 0.0556. The third-order valence-electron chi connectivity index (χ3n) is 3.44. The summed E-state index contributed by atoms with van der Waals surface area (Å²) in [6.07, 6.45) is 1.77. The summed E-state index contributed by atoms with van der Waals surface area (Å²) < 4.78 is 6.87. The zero-order valence-electron chi connectivity index (χ0n) is 12.2. The Morgan fingerprint density at radius 3 is 2.50 bits per heavy atom. The molecule has 1 N–H and O–H groups in total. The van der Waals surface area contributed by atoms with Crippen LogP contribution in [0.2, 0.25) is 0 Å². The highest BCUT2D eigenvalue weighted by Gasteiger charge is 2.05. The molecule has 1 aromatic heterocycles. The second-order valence-electron chi connectivity index (χ2n) is 4.85. The molecule has 0 saturated carbocycles. The smallest absolute Gasteiger partial charge is 0.280 e. The van der Waals surface area contributed by atoms with Crippen LogP contribution >= 0.6 is 0 Å². The van der Waals surface area contributed by atoms with Crippen molar-refractivity contribution in [3.63, 3.8) is 0 Å². The fourth-order valence-electron chi connectivity index (χ4n) is 2.40. The van der Waals surface area contributed by atoms with Gasteiger partial charge in [-0.3, -0.25) is 9.36 Å². The van der Waals surface area contributed by atoms with Gasteiger partial charge in [0.15, 0.2) is 0 Å². The Hall–Kier alpha value is -3.01. The van der Waals surface area contributed by atoms with Crippen LogP contribution in [0.5, 0.6) is 5.75 Å². The van der Waals surface area contributed by atoms with Gasteiger partial charge in [-0.1, -0.05) is 43.0 Å². The van der Waals surface area contributed by atoms with Gasteiger partial charge in [-0.25, -0.2) is 0 Å². The van der Waals surface area contributed by atoms with Gasteiger partial charge in [-0.2, -0.15) is 0 Å². The average molecular weight is 292 g/mol. The average Bonchev–Trinajstić information content (AvgIpc) is 2.83. The second kappa shape index (κ2) is 5.77. The van der Waals surface area contributed by atoms with Crippen LogP contribution in [0.3, 0.4) is 0 Å². The molecule has 0 atom stereocenters. The predicted molar refractivity (Wildman–Crippen MR) is 87.7 cm³/mol. The van der Waals surface area contributed by atoms with Gasteiger partial charge in [-0.15, -0.1) is 0 Å². The Balaban J connectivity index is 2.21. The predicted octanol–water partition coefficient (Wildman–Crippen LogP) is 1.41. The summed E-state index contributed by atoms with van der Waals surface area (Å²) in [5.41, 5.74) is 2.02. The number of nitrogens with zero attached hydrogens (tertiary/aromatic N) is 1. The number of para-hydroxylation sites is 2. The van der Waals surface area contributed by atoms with Crippen LogP contribution in [0, 0.1) is 0 Å². The molecule has 0 aliphatic heterocycles. The molecule has 3 aromatic rings. The number of imidazole rings is 1. The molecule has 0 saturated heterocycles. The minimum absolute atomic E-state index is 0.137. The number of H-pyrrole nitrogens is 1. The molecule has 3 rings (SSSR count). The van der Waals surface area contributed by atoms with Crippen molar-refractivity contribution in [2.24, 2.45) is 0 Å². The van der Waals surface area contributed by atoms with Gasteiger partial charge in [0.05, 0.1) is 12.8 Å². The second-order valence-corrected chi connectivity index (χ2v) is 4.85. The van der Waals surface area contributed by atoms with Gasteiger partial charge < -0.3 is 9.72 Å². The number of aromatic amines is 1.